The Balaban J connectivity index is 1.84. The standard InChI is InChI=1S/C19H13BrN2O6/c20-16-7-6-15(28-16)18(24)22-14(10-13-5-2-8-27-13)17(23)21-12-4-1-3-11(9-12)19(25)26/h1-10H,(H,21,23)(H,22,24)(H,25,26). The van der Waals surface area contributed by atoms with Crippen LogP contribution >= 0.6 is 15.9 Å². The predicted molar refractivity (Wildman–Crippen MR) is 103 cm³/mol. The zero-order chi connectivity index (χ0) is 20.1. The van der Waals surface area contributed by atoms with E-state index in [-0.39, 0.29) is 22.7 Å². The maximum absolute atomic E-state index is 12.7. The summed E-state index contributed by atoms with van der Waals surface area (Å²) in [5.41, 5.74) is 0.150. The first-order valence-corrected chi connectivity index (χ1v) is 8.68. The Hall–Kier alpha value is -3.59. The lowest BCUT2D eigenvalue weighted by Crippen LogP contribution is -2.30. The van der Waals surface area contributed by atoms with Crippen molar-refractivity contribution >= 4 is 45.5 Å². The number of anilines is 1. The Labute approximate surface area is 167 Å². The van der Waals surface area contributed by atoms with Crippen LogP contribution in [0.25, 0.3) is 6.08 Å². The van der Waals surface area contributed by atoms with Crippen LogP contribution in [0.15, 0.2) is 74.0 Å². The summed E-state index contributed by atoms with van der Waals surface area (Å²) in [6, 6.07) is 11.9. The second-order valence-corrected chi connectivity index (χ2v) is 6.25. The zero-order valence-corrected chi connectivity index (χ0v) is 15.7. The molecule has 0 aliphatic heterocycles. The monoisotopic (exact) mass is 444 g/mol. The molecular weight excluding hydrogens is 432 g/mol. The van der Waals surface area contributed by atoms with Crippen molar-refractivity contribution < 1.29 is 28.3 Å². The minimum atomic E-state index is -1.13. The summed E-state index contributed by atoms with van der Waals surface area (Å²) in [6.45, 7) is 0. The molecule has 0 saturated carbocycles. The molecule has 9 heteroatoms. The highest BCUT2D eigenvalue weighted by molar-refractivity contribution is 9.10. The van der Waals surface area contributed by atoms with Gasteiger partial charge in [-0.1, -0.05) is 6.07 Å². The van der Waals surface area contributed by atoms with Gasteiger partial charge < -0.3 is 24.6 Å². The van der Waals surface area contributed by atoms with Gasteiger partial charge in [0.15, 0.2) is 10.4 Å². The Bertz CT molecular complexity index is 1050. The smallest absolute Gasteiger partial charge is 0.335 e. The largest absolute Gasteiger partial charge is 0.478 e. The van der Waals surface area contributed by atoms with Crippen LogP contribution in [0.1, 0.15) is 26.7 Å². The van der Waals surface area contributed by atoms with Crippen LogP contribution in [-0.4, -0.2) is 22.9 Å². The van der Waals surface area contributed by atoms with Gasteiger partial charge in [-0.05, 0) is 58.4 Å². The highest BCUT2D eigenvalue weighted by atomic mass is 79.9. The van der Waals surface area contributed by atoms with Crippen molar-refractivity contribution in [2.24, 2.45) is 0 Å². The summed E-state index contributed by atoms with van der Waals surface area (Å²) in [6.07, 6.45) is 2.76. The van der Waals surface area contributed by atoms with E-state index >= 15 is 0 Å². The normalized spacial score (nSPS) is 11.1. The van der Waals surface area contributed by atoms with E-state index in [4.69, 9.17) is 13.9 Å². The van der Waals surface area contributed by atoms with E-state index in [9.17, 15) is 14.4 Å². The molecule has 1 aromatic carbocycles. The number of carbonyl (C=O) groups excluding carboxylic acids is 2. The SMILES string of the molecule is O=C(Nc1cccc(C(=O)O)c1)C(=Cc1ccco1)NC(=O)c1ccc(Br)o1. The summed E-state index contributed by atoms with van der Waals surface area (Å²) in [5, 5.41) is 14.1. The number of nitrogens with one attached hydrogen (secondary N) is 2. The molecule has 0 spiro atoms. The van der Waals surface area contributed by atoms with Crippen molar-refractivity contribution in [3.05, 3.63) is 82.2 Å². The molecule has 2 heterocycles. The van der Waals surface area contributed by atoms with Crippen molar-refractivity contribution in [3.8, 4) is 0 Å². The van der Waals surface area contributed by atoms with Gasteiger partial charge in [-0.25, -0.2) is 4.79 Å². The van der Waals surface area contributed by atoms with Crippen LogP contribution < -0.4 is 10.6 Å². The second kappa shape index (κ2) is 8.40. The molecule has 0 radical (unpaired) electrons. The van der Waals surface area contributed by atoms with Gasteiger partial charge in [0.1, 0.15) is 11.5 Å². The summed E-state index contributed by atoms with van der Waals surface area (Å²) in [5.74, 6) is -2.10. The molecule has 0 saturated heterocycles. The van der Waals surface area contributed by atoms with Crippen molar-refractivity contribution in [1.29, 1.82) is 0 Å². The number of hydrogen-bond acceptors (Lipinski definition) is 5. The minimum Gasteiger partial charge on any atom is -0.478 e. The summed E-state index contributed by atoms with van der Waals surface area (Å²) >= 11 is 3.10. The molecule has 0 fully saturated rings. The van der Waals surface area contributed by atoms with Crippen molar-refractivity contribution in [2.75, 3.05) is 5.32 Å². The van der Waals surface area contributed by atoms with Crippen LogP contribution in [0.5, 0.6) is 0 Å². The van der Waals surface area contributed by atoms with E-state index in [2.05, 4.69) is 26.6 Å². The topological polar surface area (TPSA) is 122 Å². The van der Waals surface area contributed by atoms with E-state index in [0.29, 0.717) is 10.4 Å². The number of carboxylic acid groups (broad SMARTS) is 1. The Kier molecular flexibility index (Phi) is 5.75. The Morgan fingerprint density at radius 1 is 1.07 bits per heavy atom. The second-order valence-electron chi connectivity index (χ2n) is 5.47. The average Bonchev–Trinajstić information content (AvgIpc) is 3.33. The van der Waals surface area contributed by atoms with Gasteiger partial charge >= 0.3 is 5.97 Å². The lowest BCUT2D eigenvalue weighted by atomic mass is 10.2. The van der Waals surface area contributed by atoms with Crippen LogP contribution in [0, 0.1) is 0 Å². The van der Waals surface area contributed by atoms with Gasteiger partial charge in [0.05, 0.1) is 11.8 Å². The first-order chi connectivity index (χ1) is 13.4. The highest BCUT2D eigenvalue weighted by Crippen LogP contribution is 2.16. The van der Waals surface area contributed by atoms with E-state index < -0.39 is 17.8 Å². The fraction of sp³-hybridized carbons (Fsp3) is 0. The Morgan fingerprint density at radius 3 is 2.54 bits per heavy atom. The van der Waals surface area contributed by atoms with Gasteiger partial charge in [0.25, 0.3) is 11.8 Å². The van der Waals surface area contributed by atoms with Crippen LogP contribution in [0.3, 0.4) is 0 Å². The number of halogens is 1. The van der Waals surface area contributed by atoms with E-state index in [0.717, 1.165) is 0 Å². The first kappa shape index (κ1) is 19.2. The maximum atomic E-state index is 12.7. The summed E-state index contributed by atoms with van der Waals surface area (Å²) in [7, 11) is 0. The molecule has 0 aliphatic carbocycles. The van der Waals surface area contributed by atoms with Crippen molar-refractivity contribution in [3.63, 3.8) is 0 Å². The molecule has 3 rings (SSSR count). The lowest BCUT2D eigenvalue weighted by Gasteiger charge is -2.10. The molecule has 0 unspecified atom stereocenters. The number of carboxylic acids is 1. The van der Waals surface area contributed by atoms with Gasteiger partial charge in [-0.2, -0.15) is 0 Å². The molecule has 142 valence electrons. The van der Waals surface area contributed by atoms with Crippen LogP contribution in [0.4, 0.5) is 5.69 Å². The van der Waals surface area contributed by atoms with Gasteiger partial charge in [-0.15, -0.1) is 0 Å². The quantitative estimate of drug-likeness (QED) is 0.497. The van der Waals surface area contributed by atoms with Crippen LogP contribution in [0.2, 0.25) is 0 Å². The molecule has 2 amide bonds. The predicted octanol–water partition coefficient (Wildman–Crippen LogP) is 3.74. The zero-order valence-electron chi connectivity index (χ0n) is 14.1. The lowest BCUT2D eigenvalue weighted by molar-refractivity contribution is -0.113. The molecular formula is C19H13BrN2O6. The van der Waals surface area contributed by atoms with Gasteiger partial charge in [0, 0.05) is 11.8 Å². The van der Waals surface area contributed by atoms with Crippen molar-refractivity contribution in [1.82, 2.24) is 5.32 Å². The van der Waals surface area contributed by atoms with Gasteiger partial charge in [0.2, 0.25) is 0 Å². The summed E-state index contributed by atoms with van der Waals surface area (Å²) < 4.78 is 10.7. The maximum Gasteiger partial charge on any atom is 0.335 e. The third-order valence-electron chi connectivity index (χ3n) is 3.49. The van der Waals surface area contributed by atoms with E-state index in [1.807, 2.05) is 0 Å². The number of benzene rings is 1. The molecule has 0 aliphatic rings. The molecule has 0 atom stereocenters. The number of rotatable bonds is 6. The van der Waals surface area contributed by atoms with Gasteiger partial charge in [-0.3, -0.25) is 9.59 Å². The number of hydrogen-bond donors (Lipinski definition) is 3. The number of furan rings is 2. The molecule has 0 bridgehead atoms. The number of carbonyl (C=O) groups is 3. The Morgan fingerprint density at radius 2 is 1.89 bits per heavy atom. The fourth-order valence-electron chi connectivity index (χ4n) is 2.22. The highest BCUT2D eigenvalue weighted by Gasteiger charge is 2.18. The molecule has 3 N–H and O–H groups in total. The molecule has 3 aromatic rings. The summed E-state index contributed by atoms with van der Waals surface area (Å²) in [4.78, 5) is 36.1. The minimum absolute atomic E-state index is 0.00195. The molecule has 8 nitrogen and oxygen atoms in total. The van der Waals surface area contributed by atoms with E-state index in [1.54, 1.807) is 18.2 Å². The third-order valence-corrected chi connectivity index (χ3v) is 3.91. The van der Waals surface area contributed by atoms with E-state index in [1.165, 1.54) is 42.7 Å². The average molecular weight is 445 g/mol. The number of aromatic carboxylic acids is 1. The van der Waals surface area contributed by atoms with Crippen LogP contribution in [-0.2, 0) is 4.79 Å². The molecule has 28 heavy (non-hydrogen) atoms. The number of amides is 2. The fourth-order valence-corrected chi connectivity index (χ4v) is 2.53. The van der Waals surface area contributed by atoms with Crippen molar-refractivity contribution in [2.45, 2.75) is 0 Å². The third kappa shape index (κ3) is 4.77. The molecule has 2 aromatic heterocycles. The first-order valence-electron chi connectivity index (χ1n) is 7.89.